The monoisotopic (exact) mass is 494 g/mol. The Balaban J connectivity index is 1.54. The standard InChI is InChI=1S/C29H38N2O5/c32-20-26(29(36)30-17-9-8-12-21-10-2-1-3-11-21)31-28(35)25-16-7-6-15-24(25)18-22-13-4-5-14-23(22)19-27(33)34/h4-7,13-16,21,26,32H,1-3,8-12,17-20H2,(H,30,36)(H,31,35)(H,33,34). The predicted molar refractivity (Wildman–Crippen MR) is 139 cm³/mol. The van der Waals surface area contributed by atoms with Gasteiger partial charge in [-0.05, 0) is 41.5 Å². The summed E-state index contributed by atoms with van der Waals surface area (Å²) in [6, 6.07) is 13.2. The molecular weight excluding hydrogens is 456 g/mol. The number of carboxylic acid groups (broad SMARTS) is 1. The highest BCUT2D eigenvalue weighted by Crippen LogP contribution is 2.27. The number of aliphatic hydroxyl groups is 1. The minimum atomic E-state index is -1.04. The first kappa shape index (κ1) is 27.4. The van der Waals surface area contributed by atoms with E-state index in [9.17, 15) is 24.6 Å². The quantitative estimate of drug-likeness (QED) is 0.316. The van der Waals surface area contributed by atoms with Crippen LogP contribution in [0.5, 0.6) is 0 Å². The summed E-state index contributed by atoms with van der Waals surface area (Å²) >= 11 is 0. The highest BCUT2D eigenvalue weighted by atomic mass is 16.4. The number of hydrogen-bond acceptors (Lipinski definition) is 4. The SMILES string of the molecule is O=C(O)Cc1ccccc1Cc1ccccc1C(=O)NC(CO)C(=O)NCCCCC1CCCCC1. The molecule has 7 nitrogen and oxygen atoms in total. The molecule has 3 rings (SSSR count). The van der Waals surface area contributed by atoms with E-state index >= 15 is 0 Å². The van der Waals surface area contributed by atoms with Gasteiger partial charge in [0.15, 0.2) is 0 Å². The Morgan fingerprint density at radius 2 is 1.56 bits per heavy atom. The summed E-state index contributed by atoms with van der Waals surface area (Å²) in [5.41, 5.74) is 2.62. The van der Waals surface area contributed by atoms with Crippen LogP contribution < -0.4 is 10.6 Å². The van der Waals surface area contributed by atoms with Crippen molar-refractivity contribution < 1.29 is 24.6 Å². The average molecular weight is 495 g/mol. The minimum Gasteiger partial charge on any atom is -0.481 e. The fourth-order valence-corrected chi connectivity index (χ4v) is 4.97. The zero-order valence-corrected chi connectivity index (χ0v) is 20.9. The Bertz CT molecular complexity index is 1020. The van der Waals surface area contributed by atoms with E-state index in [1.807, 2.05) is 24.3 Å². The molecule has 0 saturated heterocycles. The van der Waals surface area contributed by atoms with Crippen LogP contribution in [0.2, 0.25) is 0 Å². The molecule has 0 aromatic heterocycles. The molecule has 0 bridgehead atoms. The zero-order chi connectivity index (χ0) is 25.8. The van der Waals surface area contributed by atoms with E-state index < -0.39 is 30.4 Å². The van der Waals surface area contributed by atoms with E-state index in [4.69, 9.17) is 0 Å². The summed E-state index contributed by atoms with van der Waals surface area (Å²) in [6.45, 7) is 0.0259. The molecule has 1 fully saturated rings. The molecule has 194 valence electrons. The number of aliphatic hydroxyl groups excluding tert-OH is 1. The molecule has 1 atom stereocenters. The lowest BCUT2D eigenvalue weighted by molar-refractivity contribution is -0.136. The number of carboxylic acids is 1. The summed E-state index contributed by atoms with van der Waals surface area (Å²) in [6.07, 6.45) is 10.1. The Hall–Kier alpha value is -3.19. The van der Waals surface area contributed by atoms with Gasteiger partial charge >= 0.3 is 5.97 Å². The van der Waals surface area contributed by atoms with Crippen molar-refractivity contribution in [1.82, 2.24) is 10.6 Å². The van der Waals surface area contributed by atoms with Crippen molar-refractivity contribution in [1.29, 1.82) is 0 Å². The lowest BCUT2D eigenvalue weighted by Crippen LogP contribution is -2.49. The van der Waals surface area contributed by atoms with Crippen LogP contribution in [0.1, 0.15) is 78.4 Å². The molecule has 1 unspecified atom stereocenters. The summed E-state index contributed by atoms with van der Waals surface area (Å²) in [5.74, 6) is -0.949. The molecule has 0 aliphatic heterocycles. The van der Waals surface area contributed by atoms with Crippen LogP contribution in [0.25, 0.3) is 0 Å². The Morgan fingerprint density at radius 3 is 2.25 bits per heavy atom. The van der Waals surface area contributed by atoms with E-state index in [2.05, 4.69) is 10.6 Å². The summed E-state index contributed by atoms with van der Waals surface area (Å²) in [5, 5.41) is 24.5. The first-order valence-corrected chi connectivity index (χ1v) is 13.0. The maximum Gasteiger partial charge on any atom is 0.307 e. The van der Waals surface area contributed by atoms with Crippen LogP contribution in [0.4, 0.5) is 0 Å². The second kappa shape index (κ2) is 14.4. The second-order valence-electron chi connectivity index (χ2n) is 9.67. The lowest BCUT2D eigenvalue weighted by atomic mass is 9.86. The molecule has 4 N–H and O–H groups in total. The number of hydrogen-bond donors (Lipinski definition) is 4. The van der Waals surface area contributed by atoms with Crippen molar-refractivity contribution >= 4 is 17.8 Å². The molecule has 0 heterocycles. The molecule has 0 spiro atoms. The number of benzene rings is 2. The van der Waals surface area contributed by atoms with Crippen molar-refractivity contribution in [2.24, 2.45) is 5.92 Å². The Kier molecular flexibility index (Phi) is 11.0. The van der Waals surface area contributed by atoms with Crippen molar-refractivity contribution in [3.63, 3.8) is 0 Å². The second-order valence-corrected chi connectivity index (χ2v) is 9.67. The topological polar surface area (TPSA) is 116 Å². The zero-order valence-electron chi connectivity index (χ0n) is 20.9. The molecule has 7 heteroatoms. The van der Waals surface area contributed by atoms with Crippen LogP contribution >= 0.6 is 0 Å². The van der Waals surface area contributed by atoms with Crippen molar-refractivity contribution in [2.75, 3.05) is 13.2 Å². The molecule has 1 aliphatic rings. The van der Waals surface area contributed by atoms with E-state index in [1.165, 1.54) is 38.5 Å². The molecule has 1 saturated carbocycles. The van der Waals surface area contributed by atoms with Gasteiger partial charge in [0.05, 0.1) is 13.0 Å². The largest absolute Gasteiger partial charge is 0.481 e. The van der Waals surface area contributed by atoms with Gasteiger partial charge < -0.3 is 20.8 Å². The van der Waals surface area contributed by atoms with Crippen molar-refractivity contribution in [2.45, 2.75) is 70.3 Å². The number of aliphatic carboxylic acids is 1. The predicted octanol–water partition coefficient (Wildman–Crippen LogP) is 3.86. The van der Waals surface area contributed by atoms with Crippen molar-refractivity contribution in [3.8, 4) is 0 Å². The number of nitrogens with one attached hydrogen (secondary N) is 2. The third-order valence-electron chi connectivity index (χ3n) is 6.97. The van der Waals surface area contributed by atoms with Gasteiger partial charge in [0.1, 0.15) is 6.04 Å². The van der Waals surface area contributed by atoms with Crippen LogP contribution in [-0.2, 0) is 22.4 Å². The summed E-state index contributed by atoms with van der Waals surface area (Å²) in [7, 11) is 0. The van der Waals surface area contributed by atoms with E-state index in [0.717, 1.165) is 24.3 Å². The first-order chi connectivity index (χ1) is 17.5. The van der Waals surface area contributed by atoms with Gasteiger partial charge in [0, 0.05) is 12.1 Å². The Morgan fingerprint density at radius 1 is 0.889 bits per heavy atom. The van der Waals surface area contributed by atoms with Gasteiger partial charge in [-0.3, -0.25) is 14.4 Å². The number of rotatable bonds is 13. The molecule has 36 heavy (non-hydrogen) atoms. The van der Waals surface area contributed by atoms with E-state index in [-0.39, 0.29) is 6.42 Å². The molecule has 2 aromatic carbocycles. The molecule has 0 radical (unpaired) electrons. The van der Waals surface area contributed by atoms with Gasteiger partial charge in [-0.15, -0.1) is 0 Å². The van der Waals surface area contributed by atoms with Crippen LogP contribution in [0.3, 0.4) is 0 Å². The molecule has 2 amide bonds. The van der Waals surface area contributed by atoms with E-state index in [1.54, 1.807) is 24.3 Å². The fourth-order valence-electron chi connectivity index (χ4n) is 4.97. The molecular formula is C29H38N2O5. The molecule has 2 aromatic rings. The number of unbranched alkanes of at least 4 members (excludes halogenated alkanes) is 1. The highest BCUT2D eigenvalue weighted by molar-refractivity contribution is 5.98. The molecule has 1 aliphatic carbocycles. The van der Waals surface area contributed by atoms with Gasteiger partial charge in [0.25, 0.3) is 5.91 Å². The Labute approximate surface area is 213 Å². The average Bonchev–Trinajstić information content (AvgIpc) is 2.88. The maximum absolute atomic E-state index is 13.0. The van der Waals surface area contributed by atoms with Crippen LogP contribution in [0.15, 0.2) is 48.5 Å². The summed E-state index contributed by atoms with van der Waals surface area (Å²) < 4.78 is 0. The van der Waals surface area contributed by atoms with Gasteiger partial charge in [-0.2, -0.15) is 0 Å². The van der Waals surface area contributed by atoms with Crippen LogP contribution in [-0.4, -0.2) is 47.2 Å². The normalized spacial score (nSPS) is 14.7. The summed E-state index contributed by atoms with van der Waals surface area (Å²) in [4.78, 5) is 36.9. The fraction of sp³-hybridized carbons (Fsp3) is 0.483. The van der Waals surface area contributed by atoms with E-state index in [0.29, 0.717) is 29.7 Å². The minimum absolute atomic E-state index is 0.0993. The number of carbonyl (C=O) groups excluding carboxylic acids is 2. The third-order valence-corrected chi connectivity index (χ3v) is 6.97. The first-order valence-electron chi connectivity index (χ1n) is 13.0. The third kappa shape index (κ3) is 8.48. The highest BCUT2D eigenvalue weighted by Gasteiger charge is 2.22. The maximum atomic E-state index is 13.0. The van der Waals surface area contributed by atoms with Gasteiger partial charge in [0.2, 0.25) is 5.91 Å². The smallest absolute Gasteiger partial charge is 0.307 e. The number of amides is 2. The lowest BCUT2D eigenvalue weighted by Gasteiger charge is -2.21. The van der Waals surface area contributed by atoms with Gasteiger partial charge in [-0.25, -0.2) is 0 Å². The van der Waals surface area contributed by atoms with Crippen molar-refractivity contribution in [3.05, 3.63) is 70.8 Å². The van der Waals surface area contributed by atoms with Crippen LogP contribution in [0, 0.1) is 5.92 Å². The van der Waals surface area contributed by atoms with Gasteiger partial charge in [-0.1, -0.05) is 87.4 Å². The number of carbonyl (C=O) groups is 3.